The minimum absolute atomic E-state index is 0.214. The molecule has 1 atom stereocenters. The third-order valence-corrected chi connectivity index (χ3v) is 7.41. The zero-order valence-corrected chi connectivity index (χ0v) is 24.2. The number of aromatic hydroxyl groups is 1. The van der Waals surface area contributed by atoms with Crippen molar-refractivity contribution in [3.05, 3.63) is 68.4 Å². The summed E-state index contributed by atoms with van der Waals surface area (Å²) in [5.74, 6) is 1.86. The van der Waals surface area contributed by atoms with Crippen LogP contribution in [0.15, 0.2) is 48.5 Å². The lowest BCUT2D eigenvalue weighted by atomic mass is 10.1. The molecular formula is C21H15I4NO5. The van der Waals surface area contributed by atoms with Crippen molar-refractivity contribution in [2.45, 2.75) is 12.5 Å². The van der Waals surface area contributed by atoms with E-state index in [9.17, 15) is 9.90 Å². The number of hydrogen-bond acceptors (Lipinski definition) is 5. The number of ether oxygens (including phenoxy) is 2. The van der Waals surface area contributed by atoms with E-state index in [-0.39, 0.29) is 12.2 Å². The van der Waals surface area contributed by atoms with Crippen molar-refractivity contribution in [1.82, 2.24) is 0 Å². The van der Waals surface area contributed by atoms with Crippen molar-refractivity contribution >= 4 is 96.3 Å². The normalized spacial score (nSPS) is 11.8. The molecule has 0 amide bonds. The van der Waals surface area contributed by atoms with E-state index in [2.05, 4.69) is 67.8 Å². The molecule has 0 unspecified atom stereocenters. The Morgan fingerprint density at radius 1 is 0.871 bits per heavy atom. The molecular weight excluding hydrogens is 854 g/mol. The number of hydrogen-bond donors (Lipinski definition) is 3. The molecule has 6 nitrogen and oxygen atoms in total. The van der Waals surface area contributed by atoms with Gasteiger partial charge in [0.05, 0.1) is 14.3 Å². The summed E-state index contributed by atoms with van der Waals surface area (Å²) < 4.78 is 15.4. The number of carboxylic acids is 1. The highest BCUT2D eigenvalue weighted by atomic mass is 127. The molecule has 0 fully saturated rings. The van der Waals surface area contributed by atoms with E-state index in [1.165, 1.54) is 0 Å². The summed E-state index contributed by atoms with van der Waals surface area (Å²) in [6, 6.07) is 13.4. The van der Waals surface area contributed by atoms with Gasteiger partial charge in [-0.1, -0.05) is 0 Å². The number of aliphatic carboxylic acids is 1. The van der Waals surface area contributed by atoms with Crippen LogP contribution >= 0.6 is 90.4 Å². The second kappa shape index (κ2) is 11.0. The Kier molecular flexibility index (Phi) is 8.90. The molecule has 31 heavy (non-hydrogen) atoms. The Bertz CT molecular complexity index is 1120. The van der Waals surface area contributed by atoms with Crippen molar-refractivity contribution in [2.75, 3.05) is 0 Å². The fourth-order valence-electron chi connectivity index (χ4n) is 2.59. The second-order valence-electron chi connectivity index (χ2n) is 6.45. The molecule has 0 saturated heterocycles. The smallest absolute Gasteiger partial charge is 0.320 e. The highest BCUT2D eigenvalue weighted by Gasteiger charge is 2.16. The van der Waals surface area contributed by atoms with Gasteiger partial charge in [-0.2, -0.15) is 0 Å². The molecule has 0 aromatic heterocycles. The summed E-state index contributed by atoms with van der Waals surface area (Å²) in [5.41, 5.74) is 6.50. The van der Waals surface area contributed by atoms with Crippen LogP contribution in [0.5, 0.6) is 28.7 Å². The molecule has 0 radical (unpaired) electrons. The lowest BCUT2D eigenvalue weighted by Gasteiger charge is -2.14. The molecule has 3 rings (SSSR count). The maximum absolute atomic E-state index is 11.0. The first-order chi connectivity index (χ1) is 14.6. The summed E-state index contributed by atoms with van der Waals surface area (Å²) in [7, 11) is 0. The zero-order valence-electron chi connectivity index (χ0n) is 15.6. The molecule has 0 bridgehead atoms. The Morgan fingerprint density at radius 2 is 1.45 bits per heavy atom. The van der Waals surface area contributed by atoms with Gasteiger partial charge in [-0.25, -0.2) is 0 Å². The lowest BCUT2D eigenvalue weighted by Crippen LogP contribution is -2.32. The SMILES string of the molecule is N[C@@H](Cc1cc(I)c(Oc2ccc(Oc3ccc(O)c(I)c3)c(I)c2)c(I)c1)C(=O)O. The zero-order chi connectivity index (χ0) is 22.7. The van der Waals surface area contributed by atoms with Gasteiger partial charge in [0.15, 0.2) is 5.75 Å². The number of carboxylic acid groups (broad SMARTS) is 1. The predicted octanol–water partition coefficient (Wildman–Crippen LogP) is 6.35. The quantitative estimate of drug-likeness (QED) is 0.240. The first-order valence-electron chi connectivity index (χ1n) is 8.74. The van der Waals surface area contributed by atoms with Crippen LogP contribution < -0.4 is 15.2 Å². The van der Waals surface area contributed by atoms with E-state index < -0.39 is 12.0 Å². The van der Waals surface area contributed by atoms with Crippen LogP contribution in [0.1, 0.15) is 5.56 Å². The fourth-order valence-corrected chi connectivity index (χ4v) is 5.79. The fraction of sp³-hybridized carbons (Fsp3) is 0.0952. The number of nitrogens with two attached hydrogens (primary N) is 1. The molecule has 0 aliphatic carbocycles. The van der Waals surface area contributed by atoms with Crippen molar-refractivity contribution in [2.24, 2.45) is 5.73 Å². The van der Waals surface area contributed by atoms with Crippen molar-refractivity contribution in [3.63, 3.8) is 0 Å². The Labute approximate surface area is 233 Å². The van der Waals surface area contributed by atoms with Gasteiger partial charge in [0, 0.05) is 0 Å². The van der Waals surface area contributed by atoms with Gasteiger partial charge in [0.1, 0.15) is 29.0 Å². The highest BCUT2D eigenvalue weighted by molar-refractivity contribution is 14.1. The second-order valence-corrected chi connectivity index (χ2v) is 11.1. The average Bonchev–Trinajstić information content (AvgIpc) is 2.69. The van der Waals surface area contributed by atoms with Crippen molar-refractivity contribution in [3.8, 4) is 28.7 Å². The summed E-state index contributed by atoms with van der Waals surface area (Å²) in [5, 5.41) is 18.7. The Morgan fingerprint density at radius 3 is 2.03 bits per heavy atom. The third kappa shape index (κ3) is 6.70. The summed E-state index contributed by atoms with van der Waals surface area (Å²) >= 11 is 8.58. The number of halogens is 4. The number of benzene rings is 3. The third-order valence-electron chi connectivity index (χ3n) is 4.10. The Balaban J connectivity index is 1.77. The molecule has 3 aromatic carbocycles. The number of rotatable bonds is 7. The topological polar surface area (TPSA) is 102 Å². The predicted molar refractivity (Wildman–Crippen MR) is 151 cm³/mol. The summed E-state index contributed by atoms with van der Waals surface area (Å²) in [6.07, 6.45) is 0.252. The lowest BCUT2D eigenvalue weighted by molar-refractivity contribution is -0.138. The average molecular weight is 869 g/mol. The van der Waals surface area contributed by atoms with E-state index in [0.717, 1.165) is 16.3 Å². The van der Waals surface area contributed by atoms with E-state index in [1.807, 2.05) is 52.9 Å². The molecule has 4 N–H and O–H groups in total. The molecule has 0 aliphatic rings. The minimum Gasteiger partial charge on any atom is -0.507 e. The summed E-state index contributed by atoms with van der Waals surface area (Å²) in [4.78, 5) is 11.0. The number of phenols is 1. The van der Waals surface area contributed by atoms with Crippen LogP contribution in [0.4, 0.5) is 0 Å². The molecule has 10 heteroatoms. The summed E-state index contributed by atoms with van der Waals surface area (Å²) in [6.45, 7) is 0. The number of carbonyl (C=O) groups is 1. The maximum Gasteiger partial charge on any atom is 0.320 e. The van der Waals surface area contributed by atoms with Gasteiger partial charge in [-0.15, -0.1) is 0 Å². The molecule has 0 spiro atoms. The molecule has 162 valence electrons. The van der Waals surface area contributed by atoms with E-state index in [0.29, 0.717) is 26.6 Å². The van der Waals surface area contributed by atoms with Crippen LogP contribution in [0.2, 0.25) is 0 Å². The monoisotopic (exact) mass is 869 g/mol. The van der Waals surface area contributed by atoms with Gasteiger partial charge >= 0.3 is 5.97 Å². The highest BCUT2D eigenvalue weighted by Crippen LogP contribution is 2.36. The van der Waals surface area contributed by atoms with Gasteiger partial charge in [-0.3, -0.25) is 4.79 Å². The maximum atomic E-state index is 11.0. The van der Waals surface area contributed by atoms with Crippen LogP contribution in [0, 0.1) is 14.3 Å². The molecule has 0 aliphatic heterocycles. The van der Waals surface area contributed by atoms with Gasteiger partial charge < -0.3 is 25.4 Å². The first-order valence-corrected chi connectivity index (χ1v) is 13.1. The van der Waals surface area contributed by atoms with Crippen LogP contribution in [-0.2, 0) is 11.2 Å². The van der Waals surface area contributed by atoms with Gasteiger partial charge in [0.2, 0.25) is 0 Å². The minimum atomic E-state index is -1.02. The van der Waals surface area contributed by atoms with Crippen LogP contribution in [0.25, 0.3) is 0 Å². The van der Waals surface area contributed by atoms with Crippen molar-refractivity contribution < 1.29 is 24.5 Å². The first kappa shape index (κ1) is 25.0. The van der Waals surface area contributed by atoms with Crippen molar-refractivity contribution in [1.29, 1.82) is 0 Å². The van der Waals surface area contributed by atoms with Crippen LogP contribution in [0.3, 0.4) is 0 Å². The molecule has 0 saturated carbocycles. The Hall–Kier alpha value is -0.590. The van der Waals surface area contributed by atoms with E-state index >= 15 is 0 Å². The largest absolute Gasteiger partial charge is 0.507 e. The van der Waals surface area contributed by atoms with Gasteiger partial charge in [0.25, 0.3) is 0 Å². The van der Waals surface area contributed by atoms with E-state index in [4.69, 9.17) is 20.3 Å². The van der Waals surface area contributed by atoms with Crippen LogP contribution in [-0.4, -0.2) is 22.2 Å². The van der Waals surface area contributed by atoms with E-state index in [1.54, 1.807) is 18.2 Å². The van der Waals surface area contributed by atoms with Gasteiger partial charge in [-0.05, 0) is 151 Å². The standard InChI is InChI=1S/C21H15I4NO5/c22-13-8-11(1-3-18(13)27)30-19-4-2-12(9-14(19)23)31-20-15(24)5-10(6-16(20)25)7-17(26)21(28)29/h1-6,8-9,17,27H,7,26H2,(H,28,29)/t17-/m0/s1. The number of phenolic OH excluding ortho intramolecular Hbond substituents is 1. The molecule has 0 heterocycles. The molecule has 3 aromatic rings.